The first-order chi connectivity index (χ1) is 12.6. The van der Waals surface area contributed by atoms with Gasteiger partial charge in [-0.15, -0.1) is 0 Å². The van der Waals surface area contributed by atoms with Crippen LogP contribution in [-0.2, 0) is 11.2 Å². The number of carbonyl (C=O) groups is 1. The Kier molecular flexibility index (Phi) is 7.14. The van der Waals surface area contributed by atoms with Crippen LogP contribution in [0.2, 0.25) is 0 Å². The lowest BCUT2D eigenvalue weighted by atomic mass is 10.1. The maximum atomic E-state index is 12.2. The third-order valence-electron chi connectivity index (χ3n) is 3.99. The minimum absolute atomic E-state index is 0.00969. The molecule has 2 rings (SSSR count). The lowest BCUT2D eigenvalue weighted by Gasteiger charge is -2.19. The Labute approximate surface area is 154 Å². The smallest absolute Gasteiger partial charge is 0.260 e. The molecule has 1 amide bonds. The molecule has 0 heterocycles. The van der Waals surface area contributed by atoms with Gasteiger partial charge in [0.25, 0.3) is 5.91 Å². The molecule has 0 saturated carbocycles. The fourth-order valence-electron chi connectivity index (χ4n) is 2.47. The second-order valence-electron chi connectivity index (χ2n) is 5.70. The van der Waals surface area contributed by atoms with Crippen LogP contribution in [0.15, 0.2) is 42.5 Å². The molecule has 26 heavy (non-hydrogen) atoms. The molecule has 0 aliphatic heterocycles. The average molecular weight is 359 g/mol. The SMILES string of the molecule is COc1cc(CCN(C)C(=O)COc2ccccc2)cc(OC)c1OC. The molecule has 0 unspecified atom stereocenters. The lowest BCUT2D eigenvalue weighted by Crippen LogP contribution is -2.33. The molecule has 0 N–H and O–H groups in total. The zero-order chi connectivity index (χ0) is 18.9. The maximum absolute atomic E-state index is 12.2. The third kappa shape index (κ3) is 5.05. The Bertz CT molecular complexity index is 692. The van der Waals surface area contributed by atoms with Crippen molar-refractivity contribution >= 4 is 5.91 Å². The molecule has 0 aliphatic carbocycles. The van der Waals surface area contributed by atoms with Gasteiger partial charge in [-0.2, -0.15) is 0 Å². The summed E-state index contributed by atoms with van der Waals surface area (Å²) in [6, 6.07) is 13.1. The second-order valence-corrected chi connectivity index (χ2v) is 5.70. The van der Waals surface area contributed by atoms with E-state index in [1.54, 1.807) is 33.3 Å². The predicted octanol–water partition coefficient (Wildman–Crippen LogP) is 2.79. The minimum Gasteiger partial charge on any atom is -0.493 e. The van der Waals surface area contributed by atoms with Gasteiger partial charge in [0.1, 0.15) is 5.75 Å². The Morgan fingerprint density at radius 2 is 1.58 bits per heavy atom. The van der Waals surface area contributed by atoms with Crippen LogP contribution in [0.3, 0.4) is 0 Å². The zero-order valence-electron chi connectivity index (χ0n) is 15.7. The van der Waals surface area contributed by atoms with Crippen LogP contribution in [0.1, 0.15) is 5.56 Å². The molecular weight excluding hydrogens is 334 g/mol. The normalized spacial score (nSPS) is 10.2. The molecule has 0 bridgehead atoms. The number of likely N-dealkylation sites (N-methyl/N-ethyl adjacent to an activating group) is 1. The highest BCUT2D eigenvalue weighted by Crippen LogP contribution is 2.38. The average Bonchev–Trinajstić information content (AvgIpc) is 2.69. The molecule has 0 fully saturated rings. The van der Waals surface area contributed by atoms with E-state index in [9.17, 15) is 4.79 Å². The quantitative estimate of drug-likeness (QED) is 0.689. The molecule has 6 nitrogen and oxygen atoms in total. The molecule has 0 atom stereocenters. The summed E-state index contributed by atoms with van der Waals surface area (Å²) in [4.78, 5) is 13.9. The van der Waals surface area contributed by atoms with Gasteiger partial charge in [0.05, 0.1) is 21.3 Å². The third-order valence-corrected chi connectivity index (χ3v) is 3.99. The van der Waals surface area contributed by atoms with Crippen molar-refractivity contribution in [3.05, 3.63) is 48.0 Å². The number of benzene rings is 2. The molecule has 2 aromatic carbocycles. The number of hydrogen-bond donors (Lipinski definition) is 0. The molecule has 0 saturated heterocycles. The van der Waals surface area contributed by atoms with Crippen molar-refractivity contribution < 1.29 is 23.7 Å². The standard InChI is InChI=1S/C20H25NO5/c1-21(19(22)14-26-16-8-6-5-7-9-16)11-10-15-12-17(23-2)20(25-4)18(13-15)24-3/h5-9,12-13H,10-11,14H2,1-4H3. The van der Waals surface area contributed by atoms with Crippen molar-refractivity contribution in [1.82, 2.24) is 4.90 Å². The van der Waals surface area contributed by atoms with Gasteiger partial charge in [-0.25, -0.2) is 0 Å². The maximum Gasteiger partial charge on any atom is 0.260 e. The first kappa shape index (κ1) is 19.4. The van der Waals surface area contributed by atoms with Gasteiger partial charge < -0.3 is 23.8 Å². The summed E-state index contributed by atoms with van der Waals surface area (Å²) in [5.74, 6) is 2.35. The van der Waals surface area contributed by atoms with Crippen molar-refractivity contribution in [1.29, 1.82) is 0 Å². The fourth-order valence-corrected chi connectivity index (χ4v) is 2.47. The van der Waals surface area contributed by atoms with E-state index >= 15 is 0 Å². The Morgan fingerprint density at radius 1 is 0.962 bits per heavy atom. The van der Waals surface area contributed by atoms with E-state index < -0.39 is 0 Å². The fraction of sp³-hybridized carbons (Fsp3) is 0.350. The van der Waals surface area contributed by atoms with Gasteiger partial charge >= 0.3 is 0 Å². The van der Waals surface area contributed by atoms with Crippen molar-refractivity contribution in [3.63, 3.8) is 0 Å². The van der Waals surface area contributed by atoms with Gasteiger partial charge in [0.15, 0.2) is 18.1 Å². The highest BCUT2D eigenvalue weighted by Gasteiger charge is 2.15. The number of para-hydroxylation sites is 1. The number of hydrogen-bond acceptors (Lipinski definition) is 5. The van der Waals surface area contributed by atoms with Crippen molar-refractivity contribution in [2.45, 2.75) is 6.42 Å². The molecule has 6 heteroatoms. The van der Waals surface area contributed by atoms with Crippen LogP contribution in [-0.4, -0.2) is 52.3 Å². The van der Waals surface area contributed by atoms with E-state index in [4.69, 9.17) is 18.9 Å². The molecular formula is C20H25NO5. The van der Waals surface area contributed by atoms with Crippen LogP contribution in [0, 0.1) is 0 Å². The topological polar surface area (TPSA) is 57.2 Å². The van der Waals surface area contributed by atoms with Gasteiger partial charge in [-0.1, -0.05) is 18.2 Å². The summed E-state index contributed by atoms with van der Waals surface area (Å²) < 4.78 is 21.5. The summed E-state index contributed by atoms with van der Waals surface area (Å²) in [5, 5.41) is 0. The van der Waals surface area contributed by atoms with Gasteiger partial charge in [-0.05, 0) is 36.2 Å². The summed E-state index contributed by atoms with van der Waals surface area (Å²) in [5.41, 5.74) is 0.989. The van der Waals surface area contributed by atoms with Crippen molar-refractivity contribution in [3.8, 4) is 23.0 Å². The van der Waals surface area contributed by atoms with Crippen molar-refractivity contribution in [2.24, 2.45) is 0 Å². The first-order valence-electron chi connectivity index (χ1n) is 8.29. The second kappa shape index (κ2) is 9.56. The number of carbonyl (C=O) groups excluding carboxylic acids is 1. The van der Waals surface area contributed by atoms with E-state index in [1.165, 1.54) is 0 Å². The van der Waals surface area contributed by atoms with Gasteiger partial charge in [-0.3, -0.25) is 4.79 Å². The van der Waals surface area contributed by atoms with E-state index in [1.807, 2.05) is 42.5 Å². The van der Waals surface area contributed by atoms with Crippen LogP contribution >= 0.6 is 0 Å². The summed E-state index contributed by atoms with van der Waals surface area (Å²) in [7, 11) is 6.49. The van der Waals surface area contributed by atoms with E-state index in [0.29, 0.717) is 36.0 Å². The highest BCUT2D eigenvalue weighted by atomic mass is 16.5. The molecule has 0 radical (unpaired) electrons. The molecule has 2 aromatic rings. The van der Waals surface area contributed by atoms with Crippen LogP contribution in [0.25, 0.3) is 0 Å². The molecule has 0 spiro atoms. The van der Waals surface area contributed by atoms with Crippen molar-refractivity contribution in [2.75, 3.05) is 41.5 Å². The molecule has 0 aromatic heterocycles. The number of nitrogens with zero attached hydrogens (tertiary/aromatic N) is 1. The van der Waals surface area contributed by atoms with Gasteiger partial charge in [0, 0.05) is 13.6 Å². The molecule has 0 aliphatic rings. The number of methoxy groups -OCH3 is 3. The number of ether oxygens (including phenoxy) is 4. The highest BCUT2D eigenvalue weighted by molar-refractivity contribution is 5.77. The van der Waals surface area contributed by atoms with Crippen LogP contribution in [0.4, 0.5) is 0 Å². The summed E-state index contributed by atoms with van der Waals surface area (Å²) in [6.07, 6.45) is 0.657. The van der Waals surface area contributed by atoms with E-state index in [-0.39, 0.29) is 12.5 Å². The monoisotopic (exact) mass is 359 g/mol. The predicted molar refractivity (Wildman–Crippen MR) is 99.4 cm³/mol. The Morgan fingerprint density at radius 3 is 2.12 bits per heavy atom. The van der Waals surface area contributed by atoms with Gasteiger partial charge in [0.2, 0.25) is 5.75 Å². The number of rotatable bonds is 9. The first-order valence-corrected chi connectivity index (χ1v) is 8.29. The minimum atomic E-state index is -0.0821. The Balaban J connectivity index is 1.93. The van der Waals surface area contributed by atoms with E-state index in [0.717, 1.165) is 5.56 Å². The molecule has 140 valence electrons. The van der Waals surface area contributed by atoms with E-state index in [2.05, 4.69) is 0 Å². The zero-order valence-corrected chi connectivity index (χ0v) is 15.7. The number of amides is 1. The van der Waals surface area contributed by atoms with Crippen LogP contribution < -0.4 is 18.9 Å². The lowest BCUT2D eigenvalue weighted by molar-refractivity contribution is -0.132. The summed E-state index contributed by atoms with van der Waals surface area (Å²) >= 11 is 0. The summed E-state index contributed by atoms with van der Waals surface area (Å²) in [6.45, 7) is 0.561. The Hall–Kier alpha value is -2.89. The van der Waals surface area contributed by atoms with Crippen LogP contribution in [0.5, 0.6) is 23.0 Å². The largest absolute Gasteiger partial charge is 0.493 e.